The van der Waals surface area contributed by atoms with E-state index in [-0.39, 0.29) is 51.4 Å². The minimum atomic E-state index is 0. The minimum absolute atomic E-state index is 0. The topological polar surface area (TPSA) is 20.2 Å². The maximum atomic E-state index is 9.64. The third-order valence-electron chi connectivity index (χ3n) is 2.28. The molecule has 2 rings (SSSR count). The van der Waals surface area contributed by atoms with E-state index in [0.717, 1.165) is 11.1 Å². The number of phenols is 1. The van der Waals surface area contributed by atoms with Gasteiger partial charge in [0.15, 0.2) is 0 Å². The fourth-order valence-electron chi connectivity index (χ4n) is 1.51. The number of rotatable bonds is 2. The maximum Gasteiger partial charge on any atom is 0.119 e. The van der Waals surface area contributed by atoms with E-state index >= 15 is 0 Å². The zero-order valence-corrected chi connectivity index (χ0v) is 13.0. The Bertz CT molecular complexity index is 457. The van der Waals surface area contributed by atoms with Crippen LogP contribution < -0.4 is 0 Å². The van der Waals surface area contributed by atoms with Crippen molar-refractivity contribution in [2.75, 3.05) is 0 Å². The molecule has 77 valence electrons. The monoisotopic (exact) mass is 257 g/mol. The molecular formula is C13H11ClKO. The number of aromatic hydroxyl groups is 1. The van der Waals surface area contributed by atoms with Gasteiger partial charge in [-0.1, -0.05) is 41.9 Å². The molecule has 0 amide bonds. The number of phenolic OH excluding ortho intramolecular Hbond substituents is 1. The SMILES string of the molecule is Oc1ccc(Cl)cc1Cc1ccccc1.[K]. The first kappa shape index (κ1) is 14.2. The smallest absolute Gasteiger partial charge is 0.119 e. The Balaban J connectivity index is 0.00000128. The van der Waals surface area contributed by atoms with Gasteiger partial charge >= 0.3 is 0 Å². The van der Waals surface area contributed by atoms with Crippen LogP contribution in [0.4, 0.5) is 0 Å². The van der Waals surface area contributed by atoms with Gasteiger partial charge in [0, 0.05) is 62.8 Å². The van der Waals surface area contributed by atoms with E-state index in [0.29, 0.717) is 17.2 Å². The molecule has 0 saturated carbocycles. The Kier molecular flexibility index (Phi) is 6.04. The van der Waals surface area contributed by atoms with Crippen LogP contribution in [0.25, 0.3) is 0 Å². The first-order valence-electron chi connectivity index (χ1n) is 4.77. The molecule has 0 bridgehead atoms. The molecule has 0 saturated heterocycles. The van der Waals surface area contributed by atoms with E-state index < -0.39 is 0 Å². The van der Waals surface area contributed by atoms with Gasteiger partial charge in [0.25, 0.3) is 0 Å². The summed E-state index contributed by atoms with van der Waals surface area (Å²) in [4.78, 5) is 0. The summed E-state index contributed by atoms with van der Waals surface area (Å²) >= 11 is 5.87. The van der Waals surface area contributed by atoms with Crippen molar-refractivity contribution in [1.29, 1.82) is 0 Å². The molecule has 0 unspecified atom stereocenters. The predicted molar refractivity (Wildman–Crippen MR) is 68.1 cm³/mol. The van der Waals surface area contributed by atoms with E-state index in [1.165, 1.54) is 0 Å². The van der Waals surface area contributed by atoms with Crippen molar-refractivity contribution in [1.82, 2.24) is 0 Å². The van der Waals surface area contributed by atoms with Gasteiger partial charge in [-0.3, -0.25) is 0 Å². The molecule has 1 nitrogen and oxygen atoms in total. The van der Waals surface area contributed by atoms with Crippen LogP contribution in [0, 0.1) is 0 Å². The van der Waals surface area contributed by atoms with Crippen LogP contribution in [0.3, 0.4) is 0 Å². The van der Waals surface area contributed by atoms with Crippen molar-refractivity contribution in [3.8, 4) is 5.75 Å². The maximum absolute atomic E-state index is 9.64. The van der Waals surface area contributed by atoms with Crippen LogP contribution in [0.2, 0.25) is 5.02 Å². The van der Waals surface area contributed by atoms with Gasteiger partial charge in [0.05, 0.1) is 0 Å². The molecular weight excluding hydrogens is 247 g/mol. The fourth-order valence-corrected chi connectivity index (χ4v) is 1.71. The molecule has 0 heterocycles. The quantitative estimate of drug-likeness (QED) is 0.819. The molecule has 2 aromatic carbocycles. The zero-order valence-electron chi connectivity index (χ0n) is 9.15. The molecule has 3 heteroatoms. The van der Waals surface area contributed by atoms with Crippen LogP contribution in [0.1, 0.15) is 11.1 Å². The summed E-state index contributed by atoms with van der Waals surface area (Å²) in [6.45, 7) is 0. The molecule has 0 aliphatic carbocycles. The number of halogens is 1. The Hall–Kier alpha value is 0.166. The normalized spacial score (nSPS) is 9.56. The average molecular weight is 258 g/mol. The molecule has 0 aliphatic heterocycles. The zero-order chi connectivity index (χ0) is 10.7. The molecule has 0 atom stereocenters. The van der Waals surface area contributed by atoms with Gasteiger partial charge in [0.1, 0.15) is 5.75 Å². The van der Waals surface area contributed by atoms with Crippen LogP contribution in [0.5, 0.6) is 5.75 Å². The van der Waals surface area contributed by atoms with Crippen LogP contribution in [0.15, 0.2) is 48.5 Å². The van der Waals surface area contributed by atoms with E-state index in [4.69, 9.17) is 11.6 Å². The largest absolute Gasteiger partial charge is 0.508 e. The Morgan fingerprint density at radius 3 is 2.38 bits per heavy atom. The summed E-state index contributed by atoms with van der Waals surface area (Å²) in [5.74, 6) is 0.295. The fraction of sp³-hybridized carbons (Fsp3) is 0.0769. The van der Waals surface area contributed by atoms with Crippen LogP contribution in [-0.4, -0.2) is 56.5 Å². The molecule has 2 aromatic rings. The van der Waals surface area contributed by atoms with Crippen molar-refractivity contribution < 1.29 is 5.11 Å². The molecule has 0 aliphatic rings. The Labute approximate surface area is 143 Å². The molecule has 0 fully saturated rings. The second-order valence-electron chi connectivity index (χ2n) is 3.44. The molecule has 16 heavy (non-hydrogen) atoms. The third kappa shape index (κ3) is 3.88. The third-order valence-corrected chi connectivity index (χ3v) is 2.51. The summed E-state index contributed by atoms with van der Waals surface area (Å²) in [5.41, 5.74) is 2.02. The average Bonchev–Trinajstić information content (AvgIpc) is 2.25. The number of hydrogen-bond donors (Lipinski definition) is 1. The van der Waals surface area contributed by atoms with Crippen molar-refractivity contribution in [3.63, 3.8) is 0 Å². The molecule has 1 N–H and O–H groups in total. The van der Waals surface area contributed by atoms with Gasteiger partial charge in [-0.25, -0.2) is 0 Å². The van der Waals surface area contributed by atoms with Gasteiger partial charge in [0.2, 0.25) is 0 Å². The van der Waals surface area contributed by atoms with Crippen LogP contribution in [-0.2, 0) is 6.42 Å². The van der Waals surface area contributed by atoms with Gasteiger partial charge < -0.3 is 5.11 Å². The van der Waals surface area contributed by atoms with Crippen molar-refractivity contribution in [2.45, 2.75) is 6.42 Å². The minimum Gasteiger partial charge on any atom is -0.508 e. The number of benzene rings is 2. The van der Waals surface area contributed by atoms with Gasteiger partial charge in [-0.2, -0.15) is 0 Å². The summed E-state index contributed by atoms with van der Waals surface area (Å²) in [6, 6.07) is 15.1. The molecule has 0 aromatic heterocycles. The summed E-state index contributed by atoms with van der Waals surface area (Å²) in [5, 5.41) is 10.3. The van der Waals surface area contributed by atoms with E-state index in [2.05, 4.69) is 0 Å². The first-order chi connectivity index (χ1) is 7.25. The van der Waals surface area contributed by atoms with Crippen LogP contribution >= 0.6 is 11.6 Å². The molecule has 1 radical (unpaired) electrons. The standard InChI is InChI=1S/C13H11ClO.K/c14-12-6-7-13(15)11(9-12)8-10-4-2-1-3-5-10;/h1-7,9,15H,8H2;. The summed E-state index contributed by atoms with van der Waals surface area (Å²) < 4.78 is 0. The van der Waals surface area contributed by atoms with Crippen molar-refractivity contribution in [3.05, 3.63) is 64.7 Å². The Morgan fingerprint density at radius 1 is 1.00 bits per heavy atom. The van der Waals surface area contributed by atoms with Crippen molar-refractivity contribution in [2.24, 2.45) is 0 Å². The summed E-state index contributed by atoms with van der Waals surface area (Å²) in [6.07, 6.45) is 0.702. The number of hydrogen-bond acceptors (Lipinski definition) is 1. The predicted octanol–water partition coefficient (Wildman–Crippen LogP) is 3.26. The second-order valence-corrected chi connectivity index (χ2v) is 3.87. The second kappa shape index (κ2) is 6.79. The van der Waals surface area contributed by atoms with Crippen molar-refractivity contribution >= 4 is 63.0 Å². The summed E-state index contributed by atoms with van der Waals surface area (Å²) in [7, 11) is 0. The first-order valence-corrected chi connectivity index (χ1v) is 5.15. The van der Waals surface area contributed by atoms with E-state index in [1.807, 2.05) is 30.3 Å². The van der Waals surface area contributed by atoms with Gasteiger partial charge in [-0.15, -0.1) is 0 Å². The Morgan fingerprint density at radius 2 is 1.69 bits per heavy atom. The molecule has 0 spiro atoms. The van der Waals surface area contributed by atoms with Gasteiger partial charge in [-0.05, 0) is 29.3 Å². The van der Waals surface area contributed by atoms with E-state index in [9.17, 15) is 5.11 Å². The van der Waals surface area contributed by atoms with E-state index in [1.54, 1.807) is 18.2 Å².